The van der Waals surface area contributed by atoms with Gasteiger partial charge in [0.25, 0.3) is 0 Å². The van der Waals surface area contributed by atoms with Gasteiger partial charge in [-0.05, 0) is 12.5 Å². The molecule has 1 aromatic carbocycles. The maximum absolute atomic E-state index is 5.75. The smallest absolute Gasteiger partial charge is 0.171 e. The second kappa shape index (κ2) is 6.53. The van der Waals surface area contributed by atoms with Gasteiger partial charge < -0.3 is 10.5 Å². The highest BCUT2D eigenvalue weighted by molar-refractivity contribution is 5.19. The molecule has 0 saturated carbocycles. The number of benzene rings is 1. The number of rotatable bonds is 5. The van der Waals surface area contributed by atoms with Crippen molar-refractivity contribution in [2.45, 2.75) is 13.5 Å². The first kappa shape index (κ1) is 13.0. The van der Waals surface area contributed by atoms with Gasteiger partial charge in [-0.3, -0.25) is 0 Å². The summed E-state index contributed by atoms with van der Waals surface area (Å²) in [4.78, 5) is 0. The molecule has 2 N–H and O–H groups in total. The van der Waals surface area contributed by atoms with E-state index in [1.165, 1.54) is 0 Å². The Morgan fingerprint density at radius 1 is 1.41 bits per heavy atom. The molecule has 0 unspecified atom stereocenters. The quantitative estimate of drug-likeness (QED) is 0.365. The molecule has 1 rings (SSSR count). The van der Waals surface area contributed by atoms with Gasteiger partial charge in [-0.1, -0.05) is 30.3 Å². The number of nitrogens with two attached hydrogens (primary N) is 1. The first-order valence-electron chi connectivity index (χ1n) is 5.44. The predicted octanol–water partition coefficient (Wildman–Crippen LogP) is 2.25. The van der Waals surface area contributed by atoms with Crippen molar-refractivity contribution in [2.24, 2.45) is 5.73 Å². The standard InChI is InChI=1S/C14H19N2O/c1-12(15)14(9-10-16(2)3)17-11-13-7-5-4-6-8-13/h4-10H,2,11,15H2,1,3H3/q+1. The monoisotopic (exact) mass is 231 g/mol. The van der Waals surface area contributed by atoms with Crippen LogP contribution in [0.15, 0.2) is 54.1 Å². The summed E-state index contributed by atoms with van der Waals surface area (Å²) in [6.45, 7) is 6.04. The summed E-state index contributed by atoms with van der Waals surface area (Å²) in [5, 5.41) is 0. The fraction of sp³-hybridized carbons (Fsp3) is 0.214. The van der Waals surface area contributed by atoms with Crippen LogP contribution in [-0.2, 0) is 11.3 Å². The van der Waals surface area contributed by atoms with E-state index < -0.39 is 0 Å². The largest absolute Gasteiger partial charge is 0.487 e. The van der Waals surface area contributed by atoms with Crippen molar-refractivity contribution in [2.75, 3.05) is 7.05 Å². The van der Waals surface area contributed by atoms with Gasteiger partial charge in [-0.15, -0.1) is 0 Å². The molecule has 0 bridgehead atoms. The third kappa shape index (κ3) is 5.02. The summed E-state index contributed by atoms with van der Waals surface area (Å²) in [6.07, 6.45) is 3.61. The summed E-state index contributed by atoms with van der Waals surface area (Å²) in [5.74, 6) is 0.671. The highest BCUT2D eigenvalue weighted by atomic mass is 16.5. The van der Waals surface area contributed by atoms with Crippen LogP contribution in [0.4, 0.5) is 0 Å². The van der Waals surface area contributed by atoms with Gasteiger partial charge in [-0.2, -0.15) is 0 Å². The summed E-state index contributed by atoms with van der Waals surface area (Å²) >= 11 is 0. The molecular formula is C14H19N2O+. The zero-order valence-electron chi connectivity index (χ0n) is 10.4. The normalized spacial score (nSPS) is 12.4. The average Bonchev–Trinajstić information content (AvgIpc) is 2.29. The number of ether oxygens (including phenoxy) is 1. The lowest BCUT2D eigenvalue weighted by atomic mass is 10.2. The number of hydrogen-bond donors (Lipinski definition) is 1. The van der Waals surface area contributed by atoms with Gasteiger partial charge in [0.1, 0.15) is 26.1 Å². The van der Waals surface area contributed by atoms with E-state index in [9.17, 15) is 0 Å². The molecule has 3 heteroatoms. The zero-order valence-corrected chi connectivity index (χ0v) is 10.4. The first-order valence-corrected chi connectivity index (χ1v) is 5.44. The molecule has 17 heavy (non-hydrogen) atoms. The Labute approximate surface area is 103 Å². The lowest BCUT2D eigenvalue weighted by Crippen LogP contribution is -2.02. The number of allylic oxidation sites excluding steroid dienone is 2. The molecule has 1 aromatic rings. The van der Waals surface area contributed by atoms with Crippen LogP contribution in [0.1, 0.15) is 12.5 Å². The van der Waals surface area contributed by atoms with Crippen LogP contribution in [-0.4, -0.2) is 18.3 Å². The van der Waals surface area contributed by atoms with Gasteiger partial charge in [-0.25, -0.2) is 4.58 Å². The highest BCUT2D eigenvalue weighted by Crippen LogP contribution is 2.09. The lowest BCUT2D eigenvalue weighted by molar-refractivity contribution is -0.412. The second-order valence-corrected chi connectivity index (χ2v) is 3.89. The third-order valence-corrected chi connectivity index (χ3v) is 2.11. The SMILES string of the molecule is C=[N+](C)C=CC(OCc1ccccc1)=C(C)N. The Hall–Kier alpha value is -2.03. The number of nitrogens with zero attached hydrogens (tertiary/aromatic N) is 1. The fourth-order valence-electron chi connectivity index (χ4n) is 1.22. The molecule has 0 saturated heterocycles. The third-order valence-electron chi connectivity index (χ3n) is 2.11. The van der Waals surface area contributed by atoms with E-state index in [-0.39, 0.29) is 0 Å². The minimum absolute atomic E-state index is 0.510. The van der Waals surface area contributed by atoms with E-state index in [4.69, 9.17) is 10.5 Å². The second-order valence-electron chi connectivity index (χ2n) is 3.89. The van der Waals surface area contributed by atoms with E-state index in [1.54, 1.807) is 10.8 Å². The maximum Gasteiger partial charge on any atom is 0.171 e. The Morgan fingerprint density at radius 2 is 2.06 bits per heavy atom. The van der Waals surface area contributed by atoms with Crippen molar-refractivity contribution in [3.8, 4) is 0 Å². The van der Waals surface area contributed by atoms with Crippen molar-refractivity contribution < 1.29 is 9.31 Å². The van der Waals surface area contributed by atoms with Crippen molar-refractivity contribution >= 4 is 6.72 Å². The van der Waals surface area contributed by atoms with Crippen LogP contribution >= 0.6 is 0 Å². The molecule has 0 amide bonds. The Balaban J connectivity index is 2.64. The van der Waals surface area contributed by atoms with E-state index in [2.05, 4.69) is 6.72 Å². The molecule has 3 nitrogen and oxygen atoms in total. The van der Waals surface area contributed by atoms with Crippen molar-refractivity contribution in [3.63, 3.8) is 0 Å². The summed E-state index contributed by atoms with van der Waals surface area (Å²) < 4.78 is 7.34. The van der Waals surface area contributed by atoms with Crippen LogP contribution in [0.2, 0.25) is 0 Å². The van der Waals surface area contributed by atoms with E-state index in [0.29, 0.717) is 18.1 Å². The molecular weight excluding hydrogens is 212 g/mol. The first-order chi connectivity index (χ1) is 8.09. The van der Waals surface area contributed by atoms with Gasteiger partial charge in [0.2, 0.25) is 0 Å². The van der Waals surface area contributed by atoms with Crippen molar-refractivity contribution in [1.29, 1.82) is 0 Å². The van der Waals surface area contributed by atoms with Crippen LogP contribution < -0.4 is 5.73 Å². The summed E-state index contributed by atoms with van der Waals surface area (Å²) in [6, 6.07) is 9.97. The average molecular weight is 231 g/mol. The zero-order chi connectivity index (χ0) is 12.7. The Morgan fingerprint density at radius 3 is 2.59 bits per heavy atom. The van der Waals surface area contributed by atoms with Crippen molar-refractivity contribution in [1.82, 2.24) is 0 Å². The van der Waals surface area contributed by atoms with Crippen LogP contribution in [0, 0.1) is 0 Å². The topological polar surface area (TPSA) is 38.3 Å². The minimum Gasteiger partial charge on any atom is -0.487 e. The predicted molar refractivity (Wildman–Crippen MR) is 70.6 cm³/mol. The molecule has 0 aliphatic carbocycles. The molecule has 0 aliphatic rings. The van der Waals surface area contributed by atoms with Crippen LogP contribution in [0.5, 0.6) is 0 Å². The minimum atomic E-state index is 0.510. The molecule has 0 spiro atoms. The highest BCUT2D eigenvalue weighted by Gasteiger charge is 2.00. The molecule has 0 aromatic heterocycles. The fourth-order valence-corrected chi connectivity index (χ4v) is 1.22. The summed E-state index contributed by atoms with van der Waals surface area (Å²) in [5.41, 5.74) is 7.52. The van der Waals surface area contributed by atoms with Gasteiger partial charge in [0.15, 0.2) is 6.20 Å². The molecule has 0 fully saturated rings. The van der Waals surface area contributed by atoms with E-state index >= 15 is 0 Å². The van der Waals surface area contributed by atoms with Crippen LogP contribution in [0.3, 0.4) is 0 Å². The van der Waals surface area contributed by atoms with Crippen LogP contribution in [0.25, 0.3) is 0 Å². The van der Waals surface area contributed by atoms with Gasteiger partial charge in [0.05, 0.1) is 0 Å². The van der Waals surface area contributed by atoms with Crippen molar-refractivity contribution in [3.05, 3.63) is 59.6 Å². The molecule has 0 atom stereocenters. The number of hydrogen-bond acceptors (Lipinski definition) is 2. The molecule has 0 radical (unpaired) electrons. The van der Waals surface area contributed by atoms with Gasteiger partial charge in [0, 0.05) is 11.8 Å². The maximum atomic E-state index is 5.75. The Kier molecular flexibility index (Phi) is 5.01. The molecule has 90 valence electrons. The molecule has 0 heterocycles. The van der Waals surface area contributed by atoms with E-state index in [1.807, 2.05) is 50.4 Å². The Bertz CT molecular complexity index is 429. The molecule has 0 aliphatic heterocycles. The van der Waals surface area contributed by atoms with Gasteiger partial charge >= 0.3 is 0 Å². The summed E-state index contributed by atoms with van der Waals surface area (Å²) in [7, 11) is 1.84. The lowest BCUT2D eigenvalue weighted by Gasteiger charge is -2.08. The van der Waals surface area contributed by atoms with E-state index in [0.717, 1.165) is 5.56 Å².